The summed E-state index contributed by atoms with van der Waals surface area (Å²) in [7, 11) is 0. The topological polar surface area (TPSA) is 50.4 Å². The Morgan fingerprint density at radius 2 is 2.00 bits per heavy atom. The minimum absolute atomic E-state index is 0.0307. The van der Waals surface area contributed by atoms with Gasteiger partial charge in [-0.05, 0) is 56.6 Å². The monoisotopic (exact) mass is 292 g/mol. The summed E-state index contributed by atoms with van der Waals surface area (Å²) in [5, 5.41) is 6.13. The van der Waals surface area contributed by atoms with Gasteiger partial charge < -0.3 is 15.4 Å². The van der Waals surface area contributed by atoms with Gasteiger partial charge in [-0.25, -0.2) is 0 Å². The third-order valence-corrected chi connectivity index (χ3v) is 3.18. The summed E-state index contributed by atoms with van der Waals surface area (Å²) in [6.45, 7) is 4.58. The molecule has 1 saturated carbocycles. The van der Waals surface area contributed by atoms with E-state index in [1.54, 1.807) is 0 Å². The van der Waals surface area contributed by atoms with Crippen molar-refractivity contribution < 1.29 is 9.53 Å². The van der Waals surface area contributed by atoms with Crippen molar-refractivity contribution in [1.82, 2.24) is 10.6 Å². The van der Waals surface area contributed by atoms with E-state index in [9.17, 15) is 4.79 Å². The molecule has 0 spiro atoms. The van der Waals surface area contributed by atoms with E-state index in [1.807, 2.05) is 38.1 Å². The lowest BCUT2D eigenvalue weighted by atomic mass is 10.2. The number of carbonyl (C=O) groups excluding carboxylic acids is 1. The molecule has 0 heterocycles. The number of hydrogen-bond acceptors (Lipinski definition) is 3. The largest absolute Gasteiger partial charge is 0.491 e. The number of hydrogen-bond donors (Lipinski definition) is 2. The van der Waals surface area contributed by atoms with E-state index in [0.29, 0.717) is 11.7 Å². The standard InChI is InChI=1S/C15H20N2O2S/c1-10(2)19-13-7-3-11(4-8-13)9-16-15(20)17-14(18)12-5-6-12/h3-4,7-8,10,12H,5-6,9H2,1-2H3,(H2,16,17,18,20). The van der Waals surface area contributed by atoms with E-state index >= 15 is 0 Å². The second kappa shape index (κ2) is 6.70. The molecule has 108 valence electrons. The van der Waals surface area contributed by atoms with Crippen LogP contribution in [0, 0.1) is 5.92 Å². The molecule has 1 aliphatic carbocycles. The van der Waals surface area contributed by atoms with Crippen molar-refractivity contribution in [3.63, 3.8) is 0 Å². The van der Waals surface area contributed by atoms with Crippen LogP contribution in [0.1, 0.15) is 32.3 Å². The highest BCUT2D eigenvalue weighted by Gasteiger charge is 2.29. The Morgan fingerprint density at radius 3 is 2.55 bits per heavy atom. The fourth-order valence-corrected chi connectivity index (χ4v) is 1.92. The Morgan fingerprint density at radius 1 is 1.35 bits per heavy atom. The van der Waals surface area contributed by atoms with Crippen molar-refractivity contribution in [3.05, 3.63) is 29.8 Å². The zero-order valence-electron chi connectivity index (χ0n) is 11.8. The molecule has 0 atom stereocenters. The van der Waals surface area contributed by atoms with Gasteiger partial charge in [-0.1, -0.05) is 12.1 Å². The number of carbonyl (C=O) groups is 1. The summed E-state index contributed by atoms with van der Waals surface area (Å²) in [5.74, 6) is 1.05. The summed E-state index contributed by atoms with van der Waals surface area (Å²) in [4.78, 5) is 11.5. The van der Waals surface area contributed by atoms with Crippen molar-refractivity contribution in [3.8, 4) is 5.75 Å². The summed E-state index contributed by atoms with van der Waals surface area (Å²) in [6.07, 6.45) is 2.13. The van der Waals surface area contributed by atoms with Gasteiger partial charge in [0.1, 0.15) is 5.75 Å². The lowest BCUT2D eigenvalue weighted by molar-refractivity contribution is -0.120. The Balaban J connectivity index is 1.75. The number of ether oxygens (including phenoxy) is 1. The first-order valence-electron chi connectivity index (χ1n) is 6.89. The highest BCUT2D eigenvalue weighted by atomic mass is 32.1. The van der Waals surface area contributed by atoms with Gasteiger partial charge >= 0.3 is 0 Å². The van der Waals surface area contributed by atoms with Gasteiger partial charge in [-0.15, -0.1) is 0 Å². The molecule has 1 aliphatic rings. The molecule has 0 aromatic heterocycles. The number of rotatable bonds is 5. The molecule has 1 aromatic rings. The smallest absolute Gasteiger partial charge is 0.229 e. The Hall–Kier alpha value is -1.62. The normalized spacial score (nSPS) is 13.9. The molecule has 1 fully saturated rings. The lowest BCUT2D eigenvalue weighted by Crippen LogP contribution is -2.39. The molecule has 2 N–H and O–H groups in total. The molecule has 0 radical (unpaired) electrons. The second-order valence-corrected chi connectivity index (χ2v) is 5.67. The summed E-state index contributed by atoms with van der Waals surface area (Å²) < 4.78 is 5.58. The zero-order valence-corrected chi connectivity index (χ0v) is 12.6. The average molecular weight is 292 g/mol. The number of nitrogens with one attached hydrogen (secondary N) is 2. The lowest BCUT2D eigenvalue weighted by Gasteiger charge is -2.11. The molecule has 0 aliphatic heterocycles. The van der Waals surface area contributed by atoms with E-state index in [1.165, 1.54) is 0 Å². The van der Waals surface area contributed by atoms with Crippen molar-refractivity contribution in [1.29, 1.82) is 0 Å². The summed E-state index contributed by atoms with van der Waals surface area (Å²) >= 11 is 5.09. The third kappa shape index (κ3) is 4.81. The van der Waals surface area contributed by atoms with Gasteiger partial charge in [0.05, 0.1) is 6.10 Å². The van der Waals surface area contributed by atoms with E-state index in [-0.39, 0.29) is 17.9 Å². The Kier molecular flexibility index (Phi) is 4.95. The van der Waals surface area contributed by atoms with Crippen molar-refractivity contribution in [2.24, 2.45) is 5.92 Å². The van der Waals surface area contributed by atoms with Crippen LogP contribution in [0.25, 0.3) is 0 Å². The minimum atomic E-state index is 0.0307. The maximum absolute atomic E-state index is 11.5. The molecule has 1 amide bonds. The molecular formula is C15H20N2O2S. The average Bonchev–Trinajstić information content (AvgIpc) is 3.21. The van der Waals surface area contributed by atoms with Crippen molar-refractivity contribution in [2.75, 3.05) is 0 Å². The van der Waals surface area contributed by atoms with Crippen LogP contribution in [0.5, 0.6) is 5.75 Å². The summed E-state index contributed by atoms with van der Waals surface area (Å²) in [6, 6.07) is 7.83. The number of amides is 1. The molecule has 0 saturated heterocycles. The maximum atomic E-state index is 11.5. The first-order valence-corrected chi connectivity index (χ1v) is 7.29. The zero-order chi connectivity index (χ0) is 14.5. The van der Waals surface area contributed by atoms with Gasteiger partial charge in [0.15, 0.2) is 5.11 Å². The molecule has 20 heavy (non-hydrogen) atoms. The van der Waals surface area contributed by atoms with Crippen molar-refractivity contribution in [2.45, 2.75) is 39.3 Å². The Labute approximate surface area is 124 Å². The van der Waals surface area contributed by atoms with Crippen molar-refractivity contribution >= 4 is 23.2 Å². The van der Waals surface area contributed by atoms with Crippen LogP contribution < -0.4 is 15.4 Å². The SMILES string of the molecule is CC(C)Oc1ccc(CNC(=S)NC(=O)C2CC2)cc1. The highest BCUT2D eigenvalue weighted by Crippen LogP contribution is 2.28. The van der Waals surface area contributed by atoms with Gasteiger partial charge in [-0.3, -0.25) is 4.79 Å². The second-order valence-electron chi connectivity index (χ2n) is 5.26. The summed E-state index contributed by atoms with van der Waals surface area (Å²) in [5.41, 5.74) is 1.09. The fourth-order valence-electron chi connectivity index (χ4n) is 1.74. The first kappa shape index (κ1) is 14.8. The van der Waals surface area contributed by atoms with Gasteiger partial charge in [0, 0.05) is 12.5 Å². The van der Waals surface area contributed by atoms with Crippen LogP contribution in [-0.4, -0.2) is 17.1 Å². The molecule has 4 nitrogen and oxygen atoms in total. The van der Waals surface area contributed by atoms with Gasteiger partial charge in [0.25, 0.3) is 0 Å². The van der Waals surface area contributed by atoms with Crippen LogP contribution >= 0.6 is 12.2 Å². The molecular weight excluding hydrogens is 272 g/mol. The van der Waals surface area contributed by atoms with Crippen LogP contribution in [0.2, 0.25) is 0 Å². The van der Waals surface area contributed by atoms with E-state index in [0.717, 1.165) is 24.2 Å². The van der Waals surface area contributed by atoms with Crippen LogP contribution in [-0.2, 0) is 11.3 Å². The predicted octanol–water partition coefficient (Wildman–Crippen LogP) is 2.37. The van der Waals surface area contributed by atoms with Crippen LogP contribution in [0.3, 0.4) is 0 Å². The molecule has 2 rings (SSSR count). The van der Waals surface area contributed by atoms with E-state index in [2.05, 4.69) is 10.6 Å². The first-order chi connectivity index (χ1) is 9.54. The Bertz CT molecular complexity index is 481. The van der Waals surface area contributed by atoms with Gasteiger partial charge in [-0.2, -0.15) is 0 Å². The highest BCUT2D eigenvalue weighted by molar-refractivity contribution is 7.80. The van der Waals surface area contributed by atoms with Crippen LogP contribution in [0.15, 0.2) is 24.3 Å². The third-order valence-electron chi connectivity index (χ3n) is 2.93. The number of benzene rings is 1. The van der Waals surface area contributed by atoms with Gasteiger partial charge in [0.2, 0.25) is 5.91 Å². The fraction of sp³-hybridized carbons (Fsp3) is 0.467. The molecule has 1 aromatic carbocycles. The van der Waals surface area contributed by atoms with Crippen LogP contribution in [0.4, 0.5) is 0 Å². The quantitative estimate of drug-likeness (QED) is 0.818. The van der Waals surface area contributed by atoms with E-state index < -0.39 is 0 Å². The predicted molar refractivity (Wildman–Crippen MR) is 82.5 cm³/mol. The molecule has 5 heteroatoms. The minimum Gasteiger partial charge on any atom is -0.491 e. The maximum Gasteiger partial charge on any atom is 0.229 e. The number of thiocarbonyl (C=S) groups is 1. The molecule has 0 bridgehead atoms. The molecule has 0 unspecified atom stereocenters. The van der Waals surface area contributed by atoms with E-state index in [4.69, 9.17) is 17.0 Å².